The predicted molar refractivity (Wildman–Crippen MR) is 68.9 cm³/mol. The molecule has 0 radical (unpaired) electrons. The number of hydrogen-bond donors (Lipinski definition) is 3. The van der Waals surface area contributed by atoms with Crippen LogP contribution in [0.4, 0.5) is 0 Å². The third kappa shape index (κ3) is 2.77. The normalized spacial score (nSPS) is 17.9. The van der Waals surface area contributed by atoms with Gasteiger partial charge in [0.25, 0.3) is 5.91 Å². The van der Waals surface area contributed by atoms with Crippen LogP contribution in [-0.4, -0.2) is 32.7 Å². The molecule has 1 aliphatic carbocycles. The predicted octanol–water partition coefficient (Wildman–Crippen LogP) is 1.49. The van der Waals surface area contributed by atoms with Crippen LogP contribution in [0.1, 0.15) is 55.2 Å². The fourth-order valence-electron chi connectivity index (χ4n) is 2.49. The van der Waals surface area contributed by atoms with Crippen molar-refractivity contribution in [2.75, 3.05) is 0 Å². The Balaban J connectivity index is 2.12. The van der Waals surface area contributed by atoms with E-state index in [-0.39, 0.29) is 5.69 Å². The number of carboxylic acid groups (broad SMARTS) is 1. The first kappa shape index (κ1) is 13.6. The molecule has 1 fully saturated rings. The lowest BCUT2D eigenvalue weighted by molar-refractivity contribution is -0.145. The summed E-state index contributed by atoms with van der Waals surface area (Å²) in [4.78, 5) is 23.6. The van der Waals surface area contributed by atoms with Gasteiger partial charge in [-0.1, -0.05) is 26.2 Å². The molecule has 2 rings (SSSR count). The van der Waals surface area contributed by atoms with Crippen LogP contribution >= 0.6 is 0 Å². The second-order valence-corrected chi connectivity index (χ2v) is 5.03. The summed E-state index contributed by atoms with van der Waals surface area (Å²) >= 11 is 0. The van der Waals surface area contributed by atoms with E-state index in [2.05, 4.69) is 15.5 Å². The highest BCUT2D eigenvalue weighted by molar-refractivity contribution is 5.96. The van der Waals surface area contributed by atoms with Gasteiger partial charge in [-0.15, -0.1) is 0 Å². The van der Waals surface area contributed by atoms with Crippen LogP contribution in [0.15, 0.2) is 6.07 Å². The molecule has 6 nitrogen and oxygen atoms in total. The molecule has 104 valence electrons. The topological polar surface area (TPSA) is 95.1 Å². The highest BCUT2D eigenvalue weighted by Gasteiger charge is 2.41. The number of carbonyl (C=O) groups is 2. The Labute approximate surface area is 111 Å². The van der Waals surface area contributed by atoms with Crippen molar-refractivity contribution in [1.29, 1.82) is 0 Å². The molecular formula is C13H19N3O3. The molecule has 0 saturated heterocycles. The summed E-state index contributed by atoms with van der Waals surface area (Å²) in [6.07, 6.45) is 4.40. The highest BCUT2D eigenvalue weighted by Crippen LogP contribution is 2.28. The fraction of sp³-hybridized carbons (Fsp3) is 0.615. The lowest BCUT2D eigenvalue weighted by Crippen LogP contribution is -2.55. The van der Waals surface area contributed by atoms with Crippen molar-refractivity contribution in [3.8, 4) is 0 Å². The Morgan fingerprint density at radius 1 is 1.42 bits per heavy atom. The van der Waals surface area contributed by atoms with E-state index >= 15 is 0 Å². The number of aromatic nitrogens is 2. The van der Waals surface area contributed by atoms with Crippen molar-refractivity contribution in [1.82, 2.24) is 15.5 Å². The zero-order valence-corrected chi connectivity index (χ0v) is 11.0. The maximum Gasteiger partial charge on any atom is 0.329 e. The quantitative estimate of drug-likeness (QED) is 0.768. The Morgan fingerprint density at radius 2 is 2.11 bits per heavy atom. The number of amides is 1. The number of rotatable bonds is 4. The minimum absolute atomic E-state index is 0.253. The van der Waals surface area contributed by atoms with E-state index in [4.69, 9.17) is 0 Å². The van der Waals surface area contributed by atoms with E-state index in [1.165, 1.54) is 0 Å². The number of nitrogens with one attached hydrogen (secondary N) is 2. The number of nitrogens with zero attached hydrogens (tertiary/aromatic N) is 1. The maximum absolute atomic E-state index is 12.1. The zero-order chi connectivity index (χ0) is 13.9. The summed E-state index contributed by atoms with van der Waals surface area (Å²) in [7, 11) is 0. The standard InChI is InChI=1S/C13H19N3O3/c1-2-9-8-10(16-15-9)11(17)14-13(12(18)19)6-4-3-5-7-13/h8H,2-7H2,1H3,(H,14,17)(H,15,16)(H,18,19). The van der Waals surface area contributed by atoms with Crippen molar-refractivity contribution in [3.05, 3.63) is 17.5 Å². The van der Waals surface area contributed by atoms with Gasteiger partial charge in [0.05, 0.1) is 0 Å². The highest BCUT2D eigenvalue weighted by atomic mass is 16.4. The maximum atomic E-state index is 12.1. The average molecular weight is 265 g/mol. The number of aromatic amines is 1. The summed E-state index contributed by atoms with van der Waals surface area (Å²) in [5, 5.41) is 18.7. The lowest BCUT2D eigenvalue weighted by atomic mass is 9.81. The van der Waals surface area contributed by atoms with E-state index < -0.39 is 17.4 Å². The van der Waals surface area contributed by atoms with Gasteiger partial charge in [-0.2, -0.15) is 5.10 Å². The molecular weight excluding hydrogens is 246 g/mol. The summed E-state index contributed by atoms with van der Waals surface area (Å²) in [5.41, 5.74) is -0.0121. The number of carboxylic acids is 1. The van der Waals surface area contributed by atoms with Crippen LogP contribution < -0.4 is 5.32 Å². The first-order valence-corrected chi connectivity index (χ1v) is 6.67. The van der Waals surface area contributed by atoms with Crippen LogP contribution in [0.3, 0.4) is 0 Å². The van der Waals surface area contributed by atoms with E-state index in [0.717, 1.165) is 31.4 Å². The van der Waals surface area contributed by atoms with Gasteiger partial charge >= 0.3 is 5.97 Å². The third-order valence-corrected chi connectivity index (χ3v) is 3.71. The van der Waals surface area contributed by atoms with E-state index in [0.29, 0.717) is 12.8 Å². The van der Waals surface area contributed by atoms with Crippen LogP contribution in [0.25, 0.3) is 0 Å². The molecule has 1 aromatic heterocycles. The minimum atomic E-state index is -1.12. The number of aryl methyl sites for hydroxylation is 1. The van der Waals surface area contributed by atoms with Gasteiger partial charge in [-0.05, 0) is 25.3 Å². The number of aliphatic carboxylic acids is 1. The van der Waals surface area contributed by atoms with Gasteiger partial charge in [-0.3, -0.25) is 9.89 Å². The molecule has 0 aliphatic heterocycles. The molecule has 1 aromatic rings. The van der Waals surface area contributed by atoms with E-state index in [1.54, 1.807) is 6.07 Å². The SMILES string of the molecule is CCc1cc(C(=O)NC2(C(=O)O)CCCCC2)n[nH]1. The summed E-state index contributed by atoms with van der Waals surface area (Å²) in [6.45, 7) is 1.95. The third-order valence-electron chi connectivity index (χ3n) is 3.71. The summed E-state index contributed by atoms with van der Waals surface area (Å²) in [5.74, 6) is -1.37. The Morgan fingerprint density at radius 3 is 2.63 bits per heavy atom. The Kier molecular flexibility index (Phi) is 3.87. The largest absolute Gasteiger partial charge is 0.480 e. The molecule has 3 N–H and O–H groups in total. The molecule has 0 atom stereocenters. The van der Waals surface area contributed by atoms with Crippen molar-refractivity contribution >= 4 is 11.9 Å². The van der Waals surface area contributed by atoms with Gasteiger partial charge in [0.15, 0.2) is 0 Å². The molecule has 1 saturated carbocycles. The van der Waals surface area contributed by atoms with Crippen molar-refractivity contribution in [2.45, 2.75) is 51.0 Å². The number of hydrogen-bond acceptors (Lipinski definition) is 3. The van der Waals surface area contributed by atoms with Crippen LogP contribution in [-0.2, 0) is 11.2 Å². The molecule has 0 bridgehead atoms. The van der Waals surface area contributed by atoms with Crippen molar-refractivity contribution in [2.24, 2.45) is 0 Å². The van der Waals surface area contributed by atoms with E-state index in [9.17, 15) is 14.7 Å². The first-order chi connectivity index (χ1) is 9.07. The zero-order valence-electron chi connectivity index (χ0n) is 11.0. The summed E-state index contributed by atoms with van der Waals surface area (Å²) in [6, 6.07) is 1.66. The molecule has 1 heterocycles. The van der Waals surface area contributed by atoms with Gasteiger partial charge in [0.2, 0.25) is 0 Å². The smallest absolute Gasteiger partial charge is 0.329 e. The van der Waals surface area contributed by atoms with Crippen molar-refractivity contribution < 1.29 is 14.7 Å². The van der Waals surface area contributed by atoms with Gasteiger partial charge in [0, 0.05) is 5.69 Å². The molecule has 1 amide bonds. The van der Waals surface area contributed by atoms with Crippen LogP contribution in [0.2, 0.25) is 0 Å². The molecule has 6 heteroatoms. The molecule has 0 aromatic carbocycles. The second-order valence-electron chi connectivity index (χ2n) is 5.03. The van der Waals surface area contributed by atoms with Gasteiger partial charge in [0.1, 0.15) is 11.2 Å². The summed E-state index contributed by atoms with van der Waals surface area (Å²) < 4.78 is 0. The Hall–Kier alpha value is -1.85. The molecule has 1 aliphatic rings. The second kappa shape index (κ2) is 5.42. The lowest BCUT2D eigenvalue weighted by Gasteiger charge is -2.33. The van der Waals surface area contributed by atoms with Crippen molar-refractivity contribution in [3.63, 3.8) is 0 Å². The number of carbonyl (C=O) groups excluding carboxylic acids is 1. The first-order valence-electron chi connectivity index (χ1n) is 6.67. The van der Waals surface area contributed by atoms with Crippen LogP contribution in [0.5, 0.6) is 0 Å². The molecule has 0 unspecified atom stereocenters. The van der Waals surface area contributed by atoms with Gasteiger partial charge < -0.3 is 10.4 Å². The fourth-order valence-corrected chi connectivity index (χ4v) is 2.49. The van der Waals surface area contributed by atoms with E-state index in [1.807, 2.05) is 6.92 Å². The average Bonchev–Trinajstić information content (AvgIpc) is 2.88. The molecule has 19 heavy (non-hydrogen) atoms. The number of H-pyrrole nitrogens is 1. The Bertz CT molecular complexity index is 475. The minimum Gasteiger partial charge on any atom is -0.480 e. The molecule has 0 spiro atoms. The monoisotopic (exact) mass is 265 g/mol. The van der Waals surface area contributed by atoms with Crippen LogP contribution in [0, 0.1) is 0 Å². The van der Waals surface area contributed by atoms with Gasteiger partial charge in [-0.25, -0.2) is 4.79 Å².